The summed E-state index contributed by atoms with van der Waals surface area (Å²) in [6.45, 7) is 2.83. The van der Waals surface area contributed by atoms with Gasteiger partial charge >= 0.3 is 0 Å². The van der Waals surface area contributed by atoms with Gasteiger partial charge in [-0.1, -0.05) is 41.9 Å². The van der Waals surface area contributed by atoms with Crippen LogP contribution in [-0.2, 0) is 10.0 Å². The van der Waals surface area contributed by atoms with Crippen molar-refractivity contribution in [2.45, 2.75) is 11.8 Å². The fraction of sp³-hybridized carbons (Fsp3) is 0.174. The van der Waals surface area contributed by atoms with Gasteiger partial charge in [0, 0.05) is 31.5 Å². The summed E-state index contributed by atoms with van der Waals surface area (Å²) in [6.07, 6.45) is 0. The van der Waals surface area contributed by atoms with Crippen molar-refractivity contribution in [3.05, 3.63) is 88.9 Å². The number of sulfonamides is 1. The largest absolute Gasteiger partial charge is 0.373 e. The van der Waals surface area contributed by atoms with Gasteiger partial charge < -0.3 is 10.2 Å². The summed E-state index contributed by atoms with van der Waals surface area (Å²) in [5, 5.41) is 2.98. The van der Waals surface area contributed by atoms with Gasteiger partial charge in [0.15, 0.2) is 0 Å². The predicted octanol–water partition coefficient (Wildman–Crippen LogP) is 4.32. The first kappa shape index (κ1) is 22.7. The molecule has 3 rings (SSSR count). The van der Waals surface area contributed by atoms with Crippen molar-refractivity contribution in [2.75, 3.05) is 29.8 Å². The number of carbonyl (C=O) groups excluding carboxylic acids is 1. The highest BCUT2D eigenvalue weighted by molar-refractivity contribution is 7.92. The molecule has 31 heavy (non-hydrogen) atoms. The van der Waals surface area contributed by atoms with Crippen LogP contribution in [0.25, 0.3) is 0 Å². The third kappa shape index (κ3) is 5.99. The first-order valence-corrected chi connectivity index (χ1v) is 11.6. The average Bonchev–Trinajstić information content (AvgIpc) is 2.74. The molecule has 0 saturated heterocycles. The second-order valence-corrected chi connectivity index (χ2v) is 9.22. The predicted molar refractivity (Wildman–Crippen MR) is 125 cm³/mol. The Bertz CT molecular complexity index is 1170. The Morgan fingerprint density at radius 2 is 1.74 bits per heavy atom. The maximum absolute atomic E-state index is 12.8. The van der Waals surface area contributed by atoms with Crippen LogP contribution in [0, 0.1) is 6.92 Å². The first-order chi connectivity index (χ1) is 14.8. The monoisotopic (exact) mass is 457 g/mol. The van der Waals surface area contributed by atoms with Crippen molar-refractivity contribution in [1.82, 2.24) is 5.32 Å². The Morgan fingerprint density at radius 1 is 1.00 bits per heavy atom. The summed E-state index contributed by atoms with van der Waals surface area (Å²) in [6, 6.07) is 20.9. The molecule has 0 saturated carbocycles. The topological polar surface area (TPSA) is 78.5 Å². The fourth-order valence-corrected chi connectivity index (χ4v) is 4.29. The maximum Gasteiger partial charge on any atom is 0.261 e. The molecule has 0 aliphatic heterocycles. The molecule has 0 fully saturated rings. The van der Waals surface area contributed by atoms with Crippen LogP contribution in [0.5, 0.6) is 0 Å². The molecule has 2 N–H and O–H groups in total. The van der Waals surface area contributed by atoms with Gasteiger partial charge in [0.1, 0.15) is 0 Å². The summed E-state index contributed by atoms with van der Waals surface area (Å²) in [5.41, 5.74) is 2.52. The molecular weight excluding hydrogens is 434 g/mol. The lowest BCUT2D eigenvalue weighted by atomic mass is 10.2. The highest BCUT2D eigenvalue weighted by Crippen LogP contribution is 2.23. The van der Waals surface area contributed by atoms with E-state index in [-0.39, 0.29) is 15.5 Å². The summed E-state index contributed by atoms with van der Waals surface area (Å²) >= 11 is 6.17. The van der Waals surface area contributed by atoms with Gasteiger partial charge in [-0.3, -0.25) is 9.52 Å². The molecule has 0 spiro atoms. The number of benzene rings is 3. The van der Waals surface area contributed by atoms with Crippen molar-refractivity contribution in [3.63, 3.8) is 0 Å². The molecule has 6 nitrogen and oxygen atoms in total. The second kappa shape index (κ2) is 9.85. The molecule has 0 heterocycles. The number of nitrogens with zero attached hydrogens (tertiary/aromatic N) is 1. The molecule has 0 unspecified atom stereocenters. The van der Waals surface area contributed by atoms with Crippen LogP contribution < -0.4 is 14.9 Å². The Hall–Kier alpha value is -3.03. The van der Waals surface area contributed by atoms with Gasteiger partial charge in [-0.2, -0.15) is 0 Å². The molecule has 1 amide bonds. The van der Waals surface area contributed by atoms with Crippen LogP contribution in [0.15, 0.2) is 77.7 Å². The van der Waals surface area contributed by atoms with E-state index in [1.165, 1.54) is 18.2 Å². The normalized spacial score (nSPS) is 11.1. The first-order valence-electron chi connectivity index (χ1n) is 9.70. The Labute approximate surface area is 187 Å². The highest BCUT2D eigenvalue weighted by Gasteiger charge is 2.19. The molecule has 3 aromatic carbocycles. The SMILES string of the molecule is Cc1cccc(NS(=O)(=O)c2ccc(Cl)c(C(=O)NCCN(C)c3ccccc3)c2)c1. The van der Waals surface area contributed by atoms with Gasteiger partial charge in [0.2, 0.25) is 0 Å². The lowest BCUT2D eigenvalue weighted by molar-refractivity contribution is 0.0954. The van der Waals surface area contributed by atoms with Gasteiger partial charge in [-0.15, -0.1) is 0 Å². The number of para-hydroxylation sites is 1. The fourth-order valence-electron chi connectivity index (χ4n) is 3.01. The van der Waals surface area contributed by atoms with Gasteiger partial charge in [0.25, 0.3) is 15.9 Å². The maximum atomic E-state index is 12.8. The molecule has 0 radical (unpaired) electrons. The van der Waals surface area contributed by atoms with Crippen molar-refractivity contribution < 1.29 is 13.2 Å². The van der Waals surface area contributed by atoms with Crippen LogP contribution in [0.1, 0.15) is 15.9 Å². The molecule has 0 aromatic heterocycles. The number of rotatable bonds is 8. The van der Waals surface area contributed by atoms with E-state index in [9.17, 15) is 13.2 Å². The lowest BCUT2D eigenvalue weighted by Crippen LogP contribution is -2.33. The van der Waals surface area contributed by atoms with Crippen LogP contribution in [0.3, 0.4) is 0 Å². The minimum atomic E-state index is -3.87. The molecular formula is C23H24ClN3O3S. The van der Waals surface area contributed by atoms with E-state index in [0.29, 0.717) is 18.8 Å². The van der Waals surface area contributed by atoms with E-state index >= 15 is 0 Å². The summed E-state index contributed by atoms with van der Waals surface area (Å²) in [5.74, 6) is -0.431. The van der Waals surface area contributed by atoms with E-state index < -0.39 is 15.9 Å². The number of hydrogen-bond acceptors (Lipinski definition) is 4. The van der Waals surface area contributed by atoms with Gasteiger partial charge in [0.05, 0.1) is 15.5 Å². The van der Waals surface area contributed by atoms with E-state index in [0.717, 1.165) is 11.3 Å². The molecule has 0 atom stereocenters. The highest BCUT2D eigenvalue weighted by atomic mass is 35.5. The van der Waals surface area contributed by atoms with Crippen LogP contribution in [-0.4, -0.2) is 34.5 Å². The Kier molecular flexibility index (Phi) is 7.20. The van der Waals surface area contributed by atoms with Crippen molar-refractivity contribution in [3.8, 4) is 0 Å². The molecule has 0 bridgehead atoms. The molecule has 3 aromatic rings. The smallest absolute Gasteiger partial charge is 0.261 e. The Morgan fingerprint density at radius 3 is 2.45 bits per heavy atom. The zero-order valence-electron chi connectivity index (χ0n) is 17.3. The number of anilines is 2. The zero-order valence-corrected chi connectivity index (χ0v) is 18.9. The van der Waals surface area contributed by atoms with Crippen molar-refractivity contribution >= 4 is 38.9 Å². The van der Waals surface area contributed by atoms with Gasteiger partial charge in [-0.05, 0) is 55.0 Å². The van der Waals surface area contributed by atoms with Crippen molar-refractivity contribution in [2.24, 2.45) is 0 Å². The van der Waals surface area contributed by atoms with E-state index in [1.807, 2.05) is 55.3 Å². The minimum absolute atomic E-state index is 0.0371. The number of nitrogens with one attached hydrogen (secondary N) is 2. The third-order valence-corrected chi connectivity index (χ3v) is 6.40. The molecule has 8 heteroatoms. The summed E-state index contributed by atoms with van der Waals surface area (Å²) in [7, 11) is -1.94. The van der Waals surface area contributed by atoms with Crippen LogP contribution in [0.4, 0.5) is 11.4 Å². The second-order valence-electron chi connectivity index (χ2n) is 7.13. The number of likely N-dealkylation sites (N-methyl/N-ethyl adjacent to an activating group) is 1. The molecule has 0 aliphatic rings. The number of halogens is 1. The van der Waals surface area contributed by atoms with Crippen molar-refractivity contribution in [1.29, 1.82) is 0 Å². The third-order valence-electron chi connectivity index (χ3n) is 4.69. The standard InChI is InChI=1S/C23H24ClN3O3S/c1-17-7-6-8-18(15-17)26-31(29,30)20-11-12-22(24)21(16-20)23(28)25-13-14-27(2)19-9-4-3-5-10-19/h3-12,15-16,26H,13-14H2,1-2H3,(H,25,28). The molecule has 162 valence electrons. The zero-order chi connectivity index (χ0) is 22.4. The van der Waals surface area contributed by atoms with E-state index in [2.05, 4.69) is 10.0 Å². The van der Waals surface area contributed by atoms with E-state index in [4.69, 9.17) is 11.6 Å². The van der Waals surface area contributed by atoms with Crippen LogP contribution >= 0.6 is 11.6 Å². The quantitative estimate of drug-likeness (QED) is 0.528. The average molecular weight is 458 g/mol. The molecule has 0 aliphatic carbocycles. The lowest BCUT2D eigenvalue weighted by Gasteiger charge is -2.19. The van der Waals surface area contributed by atoms with Crippen LogP contribution in [0.2, 0.25) is 5.02 Å². The number of amides is 1. The number of hydrogen-bond donors (Lipinski definition) is 2. The Balaban J connectivity index is 1.69. The summed E-state index contributed by atoms with van der Waals surface area (Å²) < 4.78 is 28.1. The van der Waals surface area contributed by atoms with Gasteiger partial charge in [-0.25, -0.2) is 8.42 Å². The number of carbonyl (C=O) groups is 1. The van der Waals surface area contributed by atoms with E-state index in [1.54, 1.807) is 18.2 Å². The number of aryl methyl sites for hydroxylation is 1. The minimum Gasteiger partial charge on any atom is -0.373 e. The summed E-state index contributed by atoms with van der Waals surface area (Å²) in [4.78, 5) is 14.6.